The molecule has 0 aromatic carbocycles. The van der Waals surface area contributed by atoms with Crippen molar-refractivity contribution in [3.8, 4) is 10.4 Å². The monoisotopic (exact) mass is 475 g/mol. The molecule has 3 aromatic heterocycles. The summed E-state index contributed by atoms with van der Waals surface area (Å²) >= 11 is 3.62. The summed E-state index contributed by atoms with van der Waals surface area (Å²) < 4.78 is 3.08. The number of hydrogen-bond donors (Lipinski definition) is 3. The number of thiophene rings is 2. The highest BCUT2D eigenvalue weighted by molar-refractivity contribution is 7.98. The standard InChI is InChI=1S/C20H21N5O3S3/c21-18(26)14-11-17(25(28)31-24-9-2-1-3-10-24)30-20(14)23-19(27)16-7-6-15(29-16)13-5-4-8-22-12-13/h4-8,11-12,28H,1-3,9-10H2,(H2,21,26)(H,23,27). The summed E-state index contributed by atoms with van der Waals surface area (Å²) in [6.45, 7) is 1.77. The zero-order valence-corrected chi connectivity index (χ0v) is 18.9. The number of rotatable bonds is 7. The first-order valence-corrected chi connectivity index (χ1v) is 12.0. The van der Waals surface area contributed by atoms with Gasteiger partial charge in [-0.05, 0) is 37.1 Å². The molecule has 162 valence electrons. The van der Waals surface area contributed by atoms with Gasteiger partial charge >= 0.3 is 0 Å². The number of carbonyl (C=O) groups is 2. The fourth-order valence-electron chi connectivity index (χ4n) is 3.13. The van der Waals surface area contributed by atoms with E-state index in [1.807, 2.05) is 18.2 Å². The van der Waals surface area contributed by atoms with Crippen molar-refractivity contribution >= 4 is 56.6 Å². The molecule has 4 heterocycles. The van der Waals surface area contributed by atoms with E-state index >= 15 is 0 Å². The lowest BCUT2D eigenvalue weighted by atomic mass is 10.2. The molecule has 0 unspecified atom stereocenters. The van der Waals surface area contributed by atoms with Gasteiger partial charge in [-0.2, -0.15) is 4.47 Å². The summed E-state index contributed by atoms with van der Waals surface area (Å²) in [7, 11) is 0. The first-order chi connectivity index (χ1) is 15.0. The lowest BCUT2D eigenvalue weighted by Crippen LogP contribution is -2.27. The quantitative estimate of drug-likeness (QED) is 0.341. The maximum Gasteiger partial charge on any atom is 0.266 e. The number of pyridine rings is 1. The fraction of sp³-hybridized carbons (Fsp3) is 0.250. The summed E-state index contributed by atoms with van der Waals surface area (Å²) in [4.78, 5) is 30.2. The molecule has 0 spiro atoms. The molecule has 1 aliphatic heterocycles. The lowest BCUT2D eigenvalue weighted by Gasteiger charge is -2.27. The van der Waals surface area contributed by atoms with Gasteiger partial charge in [0.15, 0.2) is 0 Å². The van der Waals surface area contributed by atoms with Gasteiger partial charge in [-0.25, -0.2) is 4.31 Å². The van der Waals surface area contributed by atoms with E-state index in [1.54, 1.807) is 18.5 Å². The minimum absolute atomic E-state index is 0.163. The van der Waals surface area contributed by atoms with Gasteiger partial charge in [0.25, 0.3) is 11.8 Å². The number of nitrogens with zero attached hydrogens (tertiary/aromatic N) is 3. The minimum atomic E-state index is -0.670. The van der Waals surface area contributed by atoms with Crippen LogP contribution in [-0.4, -0.2) is 39.4 Å². The maximum atomic E-state index is 12.8. The molecule has 0 radical (unpaired) electrons. The SMILES string of the molecule is NC(=O)c1cc(N(O)SN2CCCCC2)sc1NC(=O)c1ccc(-c2cccnc2)s1. The number of aromatic nitrogens is 1. The zero-order chi connectivity index (χ0) is 21.8. The van der Waals surface area contributed by atoms with Crippen molar-refractivity contribution in [1.82, 2.24) is 9.29 Å². The number of amides is 2. The maximum absolute atomic E-state index is 12.8. The van der Waals surface area contributed by atoms with Crippen LogP contribution in [0.3, 0.4) is 0 Å². The van der Waals surface area contributed by atoms with Crippen LogP contribution in [0.1, 0.15) is 39.3 Å². The van der Waals surface area contributed by atoms with Crippen LogP contribution < -0.4 is 15.5 Å². The number of primary amides is 1. The summed E-state index contributed by atoms with van der Waals surface area (Å²) in [5.41, 5.74) is 6.59. The van der Waals surface area contributed by atoms with Gasteiger partial charge in [-0.15, -0.1) is 11.3 Å². The Morgan fingerprint density at radius 2 is 2.00 bits per heavy atom. The number of piperidine rings is 1. The molecule has 0 saturated carbocycles. The predicted molar refractivity (Wildman–Crippen MR) is 126 cm³/mol. The van der Waals surface area contributed by atoms with Crippen molar-refractivity contribution in [2.75, 3.05) is 22.9 Å². The van der Waals surface area contributed by atoms with E-state index in [-0.39, 0.29) is 11.5 Å². The molecule has 4 N–H and O–H groups in total. The van der Waals surface area contributed by atoms with E-state index in [9.17, 15) is 14.8 Å². The first kappa shape index (κ1) is 21.8. The summed E-state index contributed by atoms with van der Waals surface area (Å²) in [5, 5.41) is 14.0. The van der Waals surface area contributed by atoms with Crippen LogP contribution in [0.4, 0.5) is 10.0 Å². The molecule has 4 rings (SSSR count). The molecule has 1 aliphatic rings. The Labute approximate surface area is 191 Å². The van der Waals surface area contributed by atoms with Gasteiger partial charge in [-0.1, -0.05) is 23.8 Å². The second-order valence-electron chi connectivity index (χ2n) is 6.90. The van der Waals surface area contributed by atoms with Crippen LogP contribution >= 0.6 is 34.8 Å². The van der Waals surface area contributed by atoms with Crippen LogP contribution in [-0.2, 0) is 0 Å². The Bertz CT molecular complexity index is 1060. The molecule has 31 heavy (non-hydrogen) atoms. The average molecular weight is 476 g/mol. The van der Waals surface area contributed by atoms with E-state index < -0.39 is 5.91 Å². The minimum Gasteiger partial charge on any atom is -0.366 e. The fourth-order valence-corrected chi connectivity index (χ4v) is 5.89. The van der Waals surface area contributed by atoms with Gasteiger partial charge in [0.1, 0.15) is 10.0 Å². The number of nitrogens with two attached hydrogens (primary N) is 1. The second kappa shape index (κ2) is 9.79. The molecule has 2 amide bonds. The first-order valence-electron chi connectivity index (χ1n) is 9.68. The summed E-state index contributed by atoms with van der Waals surface area (Å²) in [6.07, 6.45) is 6.79. The topological polar surface area (TPSA) is 112 Å². The Morgan fingerprint density at radius 3 is 2.71 bits per heavy atom. The van der Waals surface area contributed by atoms with E-state index in [1.165, 1.54) is 36.0 Å². The van der Waals surface area contributed by atoms with Gasteiger partial charge in [0, 0.05) is 35.9 Å². The van der Waals surface area contributed by atoms with Crippen molar-refractivity contribution < 1.29 is 14.8 Å². The van der Waals surface area contributed by atoms with Crippen LogP contribution in [0.25, 0.3) is 10.4 Å². The van der Waals surface area contributed by atoms with Gasteiger partial charge in [0.05, 0.1) is 22.6 Å². The van der Waals surface area contributed by atoms with E-state index in [0.29, 0.717) is 14.9 Å². The number of hydrogen-bond acceptors (Lipinski definition) is 9. The molecular weight excluding hydrogens is 454 g/mol. The smallest absolute Gasteiger partial charge is 0.266 e. The third kappa shape index (κ3) is 5.25. The lowest BCUT2D eigenvalue weighted by molar-refractivity contribution is 0.100. The van der Waals surface area contributed by atoms with Crippen LogP contribution in [0.15, 0.2) is 42.7 Å². The van der Waals surface area contributed by atoms with Crippen LogP contribution in [0.2, 0.25) is 0 Å². The van der Waals surface area contributed by atoms with Crippen molar-refractivity contribution in [3.63, 3.8) is 0 Å². The van der Waals surface area contributed by atoms with Crippen molar-refractivity contribution in [1.29, 1.82) is 0 Å². The highest BCUT2D eigenvalue weighted by Gasteiger charge is 2.22. The predicted octanol–water partition coefficient (Wildman–Crippen LogP) is 4.47. The van der Waals surface area contributed by atoms with E-state index in [0.717, 1.165) is 52.2 Å². The molecule has 3 aromatic rings. The highest BCUT2D eigenvalue weighted by Crippen LogP contribution is 2.38. The molecule has 11 heteroatoms. The Morgan fingerprint density at radius 1 is 1.19 bits per heavy atom. The van der Waals surface area contributed by atoms with Gasteiger partial charge in [0.2, 0.25) is 0 Å². The van der Waals surface area contributed by atoms with Crippen LogP contribution in [0.5, 0.6) is 0 Å². The molecule has 1 saturated heterocycles. The Hall–Kier alpha value is -2.44. The largest absolute Gasteiger partial charge is 0.366 e. The molecule has 0 atom stereocenters. The third-order valence-corrected chi connectivity index (χ3v) is 7.91. The second-order valence-corrected chi connectivity index (χ2v) is 10.0. The molecule has 0 bridgehead atoms. The molecule has 0 aliphatic carbocycles. The number of anilines is 2. The summed E-state index contributed by atoms with van der Waals surface area (Å²) in [6, 6.07) is 8.84. The van der Waals surface area contributed by atoms with Crippen LogP contribution in [0, 0.1) is 0 Å². The van der Waals surface area contributed by atoms with Crippen molar-refractivity contribution in [2.45, 2.75) is 19.3 Å². The normalized spacial score (nSPS) is 14.4. The van der Waals surface area contributed by atoms with Crippen molar-refractivity contribution in [2.24, 2.45) is 5.73 Å². The Kier molecular flexibility index (Phi) is 6.88. The number of nitrogens with one attached hydrogen (secondary N) is 1. The Balaban J connectivity index is 1.49. The van der Waals surface area contributed by atoms with Gasteiger partial charge in [-0.3, -0.25) is 19.8 Å². The van der Waals surface area contributed by atoms with Crippen molar-refractivity contribution in [3.05, 3.63) is 53.2 Å². The van der Waals surface area contributed by atoms with E-state index in [2.05, 4.69) is 14.6 Å². The molecular formula is C20H21N5O3S3. The zero-order valence-electron chi connectivity index (χ0n) is 16.5. The third-order valence-electron chi connectivity index (χ3n) is 4.68. The molecule has 8 nitrogen and oxygen atoms in total. The molecule has 1 fully saturated rings. The highest BCUT2D eigenvalue weighted by atomic mass is 32.2. The average Bonchev–Trinajstić information content (AvgIpc) is 3.43. The number of carbonyl (C=O) groups excluding carboxylic acids is 2. The summed E-state index contributed by atoms with van der Waals surface area (Å²) in [5.74, 6) is -1.01. The van der Waals surface area contributed by atoms with E-state index in [4.69, 9.17) is 5.73 Å². The van der Waals surface area contributed by atoms with Gasteiger partial charge < -0.3 is 11.1 Å².